The molecule has 2 heterocycles. The Labute approximate surface area is 121 Å². The van der Waals surface area contributed by atoms with Gasteiger partial charge in [0.05, 0.1) is 13.2 Å². The topological polar surface area (TPSA) is 51.1 Å². The summed E-state index contributed by atoms with van der Waals surface area (Å²) in [5, 5.41) is 2.19. The van der Waals surface area contributed by atoms with E-state index in [0.29, 0.717) is 12.6 Å². The van der Waals surface area contributed by atoms with E-state index in [1.165, 1.54) is 4.88 Å². The predicted molar refractivity (Wildman–Crippen MR) is 77.0 cm³/mol. The average Bonchev–Trinajstić information content (AvgIpc) is 2.88. The summed E-state index contributed by atoms with van der Waals surface area (Å²) < 4.78 is 5.39. The van der Waals surface area contributed by atoms with Crippen LogP contribution < -0.4 is 9.64 Å². The molecule has 0 aliphatic carbocycles. The third kappa shape index (κ3) is 4.04. The van der Waals surface area contributed by atoms with E-state index in [2.05, 4.69) is 21.0 Å². The Morgan fingerprint density at radius 1 is 1.37 bits per heavy atom. The molecule has 0 aliphatic rings. The minimum atomic E-state index is 0.147. The van der Waals surface area contributed by atoms with Gasteiger partial charge in [0, 0.05) is 11.9 Å². The molecule has 2 aromatic heterocycles. The van der Waals surface area contributed by atoms with Crippen LogP contribution in [-0.2, 0) is 6.54 Å². The van der Waals surface area contributed by atoms with Gasteiger partial charge in [-0.2, -0.15) is 15.0 Å². The minimum Gasteiger partial charge on any atom is -0.463 e. The lowest BCUT2D eigenvalue weighted by atomic mass is 10.4. The lowest BCUT2D eigenvalue weighted by Gasteiger charge is -2.16. The van der Waals surface area contributed by atoms with E-state index in [-0.39, 0.29) is 11.3 Å². The van der Waals surface area contributed by atoms with Crippen LogP contribution in [0, 0.1) is 0 Å². The van der Waals surface area contributed by atoms with Gasteiger partial charge < -0.3 is 9.64 Å². The molecule has 19 heavy (non-hydrogen) atoms. The van der Waals surface area contributed by atoms with Crippen LogP contribution >= 0.6 is 22.9 Å². The molecular formula is C12H15ClN4OS. The molecule has 0 radical (unpaired) electrons. The summed E-state index contributed by atoms with van der Waals surface area (Å²) >= 11 is 7.58. The molecule has 0 unspecified atom stereocenters. The molecule has 7 heteroatoms. The minimum absolute atomic E-state index is 0.147. The summed E-state index contributed by atoms with van der Waals surface area (Å²) in [7, 11) is 1.91. The zero-order chi connectivity index (χ0) is 13.7. The molecule has 0 N–H and O–H groups in total. The van der Waals surface area contributed by atoms with E-state index >= 15 is 0 Å². The number of aromatic nitrogens is 3. The Kier molecular flexibility index (Phi) is 4.93. The standard InChI is InChI=1S/C12H15ClN4OS/c1-3-6-18-12-15-10(13)14-11(16-12)17(2)8-9-5-4-7-19-9/h4-5,7H,3,6,8H2,1-2H3. The van der Waals surface area contributed by atoms with Gasteiger partial charge in [0.1, 0.15) is 0 Å². The zero-order valence-corrected chi connectivity index (χ0v) is 12.4. The number of halogens is 1. The van der Waals surface area contributed by atoms with Crippen LogP contribution in [0.25, 0.3) is 0 Å². The second kappa shape index (κ2) is 6.68. The Bertz CT molecular complexity index is 520. The molecule has 102 valence electrons. The van der Waals surface area contributed by atoms with Gasteiger partial charge in [-0.05, 0) is 29.5 Å². The fourth-order valence-electron chi connectivity index (χ4n) is 1.46. The fraction of sp³-hybridized carbons (Fsp3) is 0.417. The number of thiophene rings is 1. The molecule has 5 nitrogen and oxygen atoms in total. The summed E-state index contributed by atoms with van der Waals surface area (Å²) in [6.07, 6.45) is 0.893. The highest BCUT2D eigenvalue weighted by Crippen LogP contribution is 2.18. The van der Waals surface area contributed by atoms with E-state index < -0.39 is 0 Å². The molecule has 0 fully saturated rings. The van der Waals surface area contributed by atoms with Gasteiger partial charge in [-0.3, -0.25) is 0 Å². The molecule has 0 saturated heterocycles. The maximum absolute atomic E-state index is 5.89. The van der Waals surface area contributed by atoms with Gasteiger partial charge in [0.25, 0.3) is 0 Å². The second-order valence-corrected chi connectivity index (χ2v) is 5.34. The highest BCUT2D eigenvalue weighted by atomic mass is 35.5. The van der Waals surface area contributed by atoms with Gasteiger partial charge in [0.15, 0.2) is 0 Å². The van der Waals surface area contributed by atoms with Gasteiger partial charge in [-0.1, -0.05) is 13.0 Å². The maximum Gasteiger partial charge on any atom is 0.322 e. The van der Waals surface area contributed by atoms with Crippen molar-refractivity contribution >= 4 is 28.9 Å². The van der Waals surface area contributed by atoms with Crippen LogP contribution in [0.2, 0.25) is 5.28 Å². The van der Waals surface area contributed by atoms with Gasteiger partial charge in [-0.15, -0.1) is 11.3 Å². The van der Waals surface area contributed by atoms with Gasteiger partial charge in [-0.25, -0.2) is 0 Å². The number of ether oxygens (including phenoxy) is 1. The fourth-order valence-corrected chi connectivity index (χ4v) is 2.36. The summed E-state index contributed by atoms with van der Waals surface area (Å²) in [5.41, 5.74) is 0. The number of hydrogen-bond donors (Lipinski definition) is 0. The smallest absolute Gasteiger partial charge is 0.322 e. The first kappa shape index (κ1) is 14.0. The predicted octanol–water partition coefficient (Wildman–Crippen LogP) is 3.01. The van der Waals surface area contributed by atoms with E-state index in [0.717, 1.165) is 13.0 Å². The van der Waals surface area contributed by atoms with Crippen molar-refractivity contribution in [3.05, 3.63) is 27.7 Å². The quantitative estimate of drug-likeness (QED) is 0.820. The van der Waals surface area contributed by atoms with Crippen molar-refractivity contribution < 1.29 is 4.74 Å². The summed E-state index contributed by atoms with van der Waals surface area (Å²) in [4.78, 5) is 15.5. The van der Waals surface area contributed by atoms with Gasteiger partial charge >= 0.3 is 6.01 Å². The third-order valence-electron chi connectivity index (χ3n) is 2.33. The lowest BCUT2D eigenvalue weighted by molar-refractivity contribution is 0.291. The largest absolute Gasteiger partial charge is 0.463 e. The van der Waals surface area contributed by atoms with Crippen LogP contribution in [0.5, 0.6) is 6.01 Å². The molecule has 0 saturated carbocycles. The molecule has 2 aromatic rings. The molecule has 2 rings (SSSR count). The Morgan fingerprint density at radius 2 is 2.21 bits per heavy atom. The van der Waals surface area contributed by atoms with E-state index in [1.54, 1.807) is 11.3 Å². The number of anilines is 1. The average molecular weight is 299 g/mol. The number of nitrogens with zero attached hydrogens (tertiary/aromatic N) is 4. The Morgan fingerprint density at radius 3 is 2.89 bits per heavy atom. The van der Waals surface area contributed by atoms with E-state index in [1.807, 2.05) is 30.3 Å². The molecule has 0 amide bonds. The van der Waals surface area contributed by atoms with Gasteiger partial charge in [0.2, 0.25) is 11.2 Å². The normalized spacial score (nSPS) is 10.5. The summed E-state index contributed by atoms with van der Waals surface area (Å²) in [6, 6.07) is 4.36. The van der Waals surface area contributed by atoms with Crippen molar-refractivity contribution in [2.45, 2.75) is 19.9 Å². The molecule has 0 spiro atoms. The third-order valence-corrected chi connectivity index (χ3v) is 3.36. The van der Waals surface area contributed by atoms with E-state index in [4.69, 9.17) is 16.3 Å². The summed E-state index contributed by atoms with van der Waals surface area (Å²) in [6.45, 7) is 3.31. The molecule has 0 aromatic carbocycles. The zero-order valence-electron chi connectivity index (χ0n) is 10.8. The van der Waals surface area contributed by atoms with Crippen molar-refractivity contribution in [2.75, 3.05) is 18.6 Å². The van der Waals surface area contributed by atoms with E-state index in [9.17, 15) is 0 Å². The van der Waals surface area contributed by atoms with Crippen molar-refractivity contribution in [1.29, 1.82) is 0 Å². The highest BCUT2D eigenvalue weighted by Gasteiger charge is 2.11. The van der Waals surface area contributed by atoms with Crippen molar-refractivity contribution in [2.24, 2.45) is 0 Å². The number of hydrogen-bond acceptors (Lipinski definition) is 6. The van der Waals surface area contributed by atoms with Crippen molar-refractivity contribution in [3.63, 3.8) is 0 Å². The molecule has 0 bridgehead atoms. The maximum atomic E-state index is 5.89. The first-order valence-corrected chi connectivity index (χ1v) is 7.22. The highest BCUT2D eigenvalue weighted by molar-refractivity contribution is 7.09. The number of rotatable bonds is 6. The molecule has 0 atom stereocenters. The monoisotopic (exact) mass is 298 g/mol. The lowest BCUT2D eigenvalue weighted by Crippen LogP contribution is -2.19. The van der Waals surface area contributed by atoms with Crippen LogP contribution in [0.4, 0.5) is 5.95 Å². The molecular weight excluding hydrogens is 284 g/mol. The van der Waals surface area contributed by atoms with Crippen LogP contribution in [0.1, 0.15) is 18.2 Å². The van der Waals surface area contributed by atoms with Crippen molar-refractivity contribution in [3.8, 4) is 6.01 Å². The van der Waals surface area contributed by atoms with Crippen LogP contribution in [-0.4, -0.2) is 28.6 Å². The molecule has 0 aliphatic heterocycles. The Balaban J connectivity index is 2.11. The van der Waals surface area contributed by atoms with Crippen LogP contribution in [0.15, 0.2) is 17.5 Å². The van der Waals surface area contributed by atoms with Crippen LogP contribution in [0.3, 0.4) is 0 Å². The Hall–Kier alpha value is -1.40. The SMILES string of the molecule is CCCOc1nc(Cl)nc(N(C)Cc2cccs2)n1. The first-order valence-electron chi connectivity index (χ1n) is 5.97. The second-order valence-electron chi connectivity index (χ2n) is 3.97. The summed E-state index contributed by atoms with van der Waals surface area (Å²) in [5.74, 6) is 0.513. The van der Waals surface area contributed by atoms with Crippen molar-refractivity contribution in [1.82, 2.24) is 15.0 Å². The first-order chi connectivity index (χ1) is 9.19.